The lowest BCUT2D eigenvalue weighted by Crippen LogP contribution is -2.38. The number of nitrogens with zero attached hydrogens (tertiary/aromatic N) is 2. The summed E-state index contributed by atoms with van der Waals surface area (Å²) in [6.07, 6.45) is 0.846. The van der Waals surface area contributed by atoms with E-state index in [1.54, 1.807) is 11.6 Å². The van der Waals surface area contributed by atoms with E-state index < -0.39 is 0 Å². The number of hydrogen-bond acceptors (Lipinski definition) is 3. The third-order valence-electron chi connectivity index (χ3n) is 3.94. The van der Waals surface area contributed by atoms with E-state index in [-0.39, 0.29) is 11.2 Å². The van der Waals surface area contributed by atoms with Gasteiger partial charge in [-0.15, -0.1) is 11.3 Å². The summed E-state index contributed by atoms with van der Waals surface area (Å²) in [5.41, 5.74) is 1.64. The van der Waals surface area contributed by atoms with Gasteiger partial charge in [0.15, 0.2) is 0 Å². The van der Waals surface area contributed by atoms with Crippen LogP contribution in [0.1, 0.15) is 25.0 Å². The first kappa shape index (κ1) is 15.7. The van der Waals surface area contributed by atoms with Gasteiger partial charge in [0.1, 0.15) is 4.83 Å². The molecule has 0 saturated heterocycles. The molecule has 23 heavy (non-hydrogen) atoms. The zero-order chi connectivity index (χ0) is 16.6. The molecule has 0 bridgehead atoms. The molecule has 0 amide bonds. The van der Waals surface area contributed by atoms with Crippen LogP contribution in [0.5, 0.6) is 0 Å². The second-order valence-electron chi connectivity index (χ2n) is 6.26. The third-order valence-corrected chi connectivity index (χ3v) is 4.99. The van der Waals surface area contributed by atoms with Crippen molar-refractivity contribution in [1.82, 2.24) is 9.13 Å². The average molecular weight is 328 g/mol. The number of rotatable bonds is 4. The van der Waals surface area contributed by atoms with E-state index in [4.69, 9.17) is 0 Å². The molecule has 2 aromatic heterocycles. The zero-order valence-electron chi connectivity index (χ0n) is 13.6. The molecule has 3 aromatic rings. The molecular formula is C18H20N2O2S. The van der Waals surface area contributed by atoms with E-state index in [0.29, 0.717) is 17.8 Å². The topological polar surface area (TPSA) is 44.0 Å². The van der Waals surface area contributed by atoms with Crippen molar-refractivity contribution in [2.45, 2.75) is 26.8 Å². The van der Waals surface area contributed by atoms with E-state index >= 15 is 0 Å². The highest BCUT2D eigenvalue weighted by molar-refractivity contribution is 7.17. The van der Waals surface area contributed by atoms with Crippen LogP contribution >= 0.6 is 11.3 Å². The van der Waals surface area contributed by atoms with Crippen LogP contribution < -0.4 is 11.2 Å². The first-order valence-corrected chi connectivity index (χ1v) is 8.61. The molecular weight excluding hydrogens is 308 g/mol. The summed E-state index contributed by atoms with van der Waals surface area (Å²) in [5.74, 6) is 0.465. The Kier molecular flexibility index (Phi) is 4.22. The highest BCUT2D eigenvalue weighted by atomic mass is 32.1. The Morgan fingerprint density at radius 2 is 1.83 bits per heavy atom. The molecule has 0 saturated carbocycles. The van der Waals surface area contributed by atoms with Gasteiger partial charge in [-0.25, -0.2) is 4.79 Å². The molecule has 0 aliphatic carbocycles. The number of aromatic nitrogens is 2. The minimum Gasteiger partial charge on any atom is -0.280 e. The van der Waals surface area contributed by atoms with Gasteiger partial charge in [-0.3, -0.25) is 13.9 Å². The summed E-state index contributed by atoms with van der Waals surface area (Å²) in [5, 5.41) is 2.72. The number of fused-ring (bicyclic) bond motifs is 1. The van der Waals surface area contributed by atoms with Crippen LogP contribution in [-0.2, 0) is 20.0 Å². The Balaban J connectivity index is 2.23. The van der Waals surface area contributed by atoms with Crippen molar-refractivity contribution in [2.75, 3.05) is 0 Å². The van der Waals surface area contributed by atoms with Gasteiger partial charge in [0, 0.05) is 7.05 Å². The van der Waals surface area contributed by atoms with Crippen molar-refractivity contribution in [1.29, 1.82) is 0 Å². The maximum Gasteiger partial charge on any atom is 0.332 e. The van der Waals surface area contributed by atoms with Crippen molar-refractivity contribution in [3.63, 3.8) is 0 Å². The van der Waals surface area contributed by atoms with Crippen LogP contribution in [0, 0.1) is 5.92 Å². The van der Waals surface area contributed by atoms with Crippen LogP contribution in [0.25, 0.3) is 10.2 Å². The maximum absolute atomic E-state index is 12.6. The molecule has 0 aliphatic rings. The molecule has 2 heterocycles. The maximum atomic E-state index is 12.6. The summed E-state index contributed by atoms with van der Waals surface area (Å²) < 4.78 is 2.93. The molecule has 0 fully saturated rings. The molecule has 0 unspecified atom stereocenters. The average Bonchev–Trinajstić information content (AvgIpc) is 2.93. The molecule has 0 radical (unpaired) electrons. The minimum absolute atomic E-state index is 0.189. The van der Waals surface area contributed by atoms with E-state index in [0.717, 1.165) is 22.4 Å². The normalized spacial score (nSPS) is 11.5. The standard InChI is InChI=1S/C18H20N2O2S/c1-12(2)9-14-11-23-17-15(14)16(21)19(3)18(22)20(17)10-13-7-5-4-6-8-13/h4-8,11-12H,9-10H2,1-3H3. The van der Waals surface area contributed by atoms with E-state index in [9.17, 15) is 9.59 Å². The summed E-state index contributed by atoms with van der Waals surface area (Å²) in [6, 6.07) is 9.85. The van der Waals surface area contributed by atoms with Crippen molar-refractivity contribution >= 4 is 21.6 Å². The van der Waals surface area contributed by atoms with E-state index in [1.807, 2.05) is 35.7 Å². The summed E-state index contributed by atoms with van der Waals surface area (Å²) in [6.45, 7) is 4.74. The molecule has 4 nitrogen and oxygen atoms in total. The highest BCUT2D eigenvalue weighted by Crippen LogP contribution is 2.24. The van der Waals surface area contributed by atoms with E-state index in [1.165, 1.54) is 15.9 Å². The second kappa shape index (κ2) is 6.16. The monoisotopic (exact) mass is 328 g/mol. The second-order valence-corrected chi connectivity index (χ2v) is 7.12. The Morgan fingerprint density at radius 1 is 1.13 bits per heavy atom. The van der Waals surface area contributed by atoms with Gasteiger partial charge in [0.25, 0.3) is 5.56 Å². The number of hydrogen-bond donors (Lipinski definition) is 0. The van der Waals surface area contributed by atoms with Crippen LogP contribution in [0.4, 0.5) is 0 Å². The van der Waals surface area contributed by atoms with Crippen molar-refractivity contribution in [3.05, 3.63) is 67.7 Å². The van der Waals surface area contributed by atoms with Gasteiger partial charge in [-0.1, -0.05) is 44.2 Å². The summed E-state index contributed by atoms with van der Waals surface area (Å²) in [7, 11) is 1.56. The van der Waals surface area contributed by atoms with Gasteiger partial charge in [0.05, 0.1) is 11.9 Å². The lowest BCUT2D eigenvalue weighted by atomic mass is 10.0. The smallest absolute Gasteiger partial charge is 0.280 e. The van der Waals surface area contributed by atoms with Crippen molar-refractivity contribution < 1.29 is 0 Å². The fraction of sp³-hybridized carbons (Fsp3) is 0.333. The van der Waals surface area contributed by atoms with Gasteiger partial charge in [0.2, 0.25) is 0 Å². The first-order chi connectivity index (χ1) is 11.0. The quantitative estimate of drug-likeness (QED) is 0.739. The minimum atomic E-state index is -0.260. The van der Waals surface area contributed by atoms with Gasteiger partial charge in [-0.2, -0.15) is 0 Å². The highest BCUT2D eigenvalue weighted by Gasteiger charge is 2.17. The van der Waals surface area contributed by atoms with Gasteiger partial charge >= 0.3 is 5.69 Å². The number of thiophene rings is 1. The van der Waals surface area contributed by atoms with E-state index in [2.05, 4.69) is 13.8 Å². The lowest BCUT2D eigenvalue weighted by molar-refractivity contribution is 0.647. The van der Waals surface area contributed by atoms with Gasteiger partial charge < -0.3 is 0 Å². The van der Waals surface area contributed by atoms with Crippen LogP contribution in [0.15, 0.2) is 45.3 Å². The number of benzene rings is 1. The van der Waals surface area contributed by atoms with Gasteiger partial charge in [-0.05, 0) is 28.8 Å². The van der Waals surface area contributed by atoms with Crippen LogP contribution in [-0.4, -0.2) is 9.13 Å². The third kappa shape index (κ3) is 2.88. The Hall–Kier alpha value is -2.14. The fourth-order valence-electron chi connectivity index (χ4n) is 2.83. The molecule has 0 aliphatic heterocycles. The molecule has 0 N–H and O–H groups in total. The Labute approximate surface area is 138 Å². The Bertz CT molecular complexity index is 949. The molecule has 120 valence electrons. The zero-order valence-corrected chi connectivity index (χ0v) is 14.4. The summed E-state index contributed by atoms with van der Waals surface area (Å²) in [4.78, 5) is 25.9. The predicted molar refractivity (Wildman–Crippen MR) is 95.4 cm³/mol. The molecule has 3 rings (SSSR count). The molecule has 0 spiro atoms. The predicted octanol–water partition coefficient (Wildman–Crippen LogP) is 3.01. The SMILES string of the molecule is CC(C)Cc1csc2c1c(=O)n(C)c(=O)n2Cc1ccccc1. The van der Waals surface area contributed by atoms with Crippen molar-refractivity contribution in [3.8, 4) is 0 Å². The molecule has 0 atom stereocenters. The molecule has 1 aromatic carbocycles. The van der Waals surface area contributed by atoms with Crippen LogP contribution in [0.2, 0.25) is 0 Å². The van der Waals surface area contributed by atoms with Crippen molar-refractivity contribution in [2.24, 2.45) is 13.0 Å². The Morgan fingerprint density at radius 3 is 2.48 bits per heavy atom. The fourth-order valence-corrected chi connectivity index (χ4v) is 3.90. The van der Waals surface area contributed by atoms with Crippen LogP contribution in [0.3, 0.4) is 0 Å². The first-order valence-electron chi connectivity index (χ1n) is 7.73. The largest absolute Gasteiger partial charge is 0.332 e. The molecule has 5 heteroatoms. The lowest BCUT2D eigenvalue weighted by Gasteiger charge is -2.10. The summed E-state index contributed by atoms with van der Waals surface area (Å²) >= 11 is 1.49.